The van der Waals surface area contributed by atoms with Crippen LogP contribution in [0.15, 0.2) is 78.9 Å². The Balaban J connectivity index is 1.20. The van der Waals surface area contributed by atoms with Crippen molar-refractivity contribution in [2.45, 2.75) is 51.9 Å². The molecule has 2 aliphatic heterocycles. The number of nitro groups is 1. The lowest BCUT2D eigenvalue weighted by molar-refractivity contribution is -0.385. The Morgan fingerprint density at radius 1 is 0.717 bits per heavy atom. The van der Waals surface area contributed by atoms with Gasteiger partial charge in [-0.15, -0.1) is 11.6 Å². The maximum Gasteiger partial charge on any atom is 0.308 e. The molecular weight excluding hydrogens is 698 g/mol. The van der Waals surface area contributed by atoms with Gasteiger partial charge in [0.2, 0.25) is 11.8 Å². The number of halogens is 1. The molecule has 11 nitrogen and oxygen atoms in total. The Labute approximate surface area is 310 Å². The Hall–Kier alpha value is -5.81. The van der Waals surface area contributed by atoms with Gasteiger partial charge in [0.15, 0.2) is 0 Å². The van der Waals surface area contributed by atoms with E-state index < -0.39 is 16.9 Å². The van der Waals surface area contributed by atoms with Crippen molar-refractivity contribution in [3.8, 4) is 11.5 Å². The molecule has 0 fully saturated rings. The third kappa shape index (κ3) is 6.68. The minimum atomic E-state index is -0.538. The van der Waals surface area contributed by atoms with Gasteiger partial charge in [0.1, 0.15) is 11.5 Å². The second-order valence-corrected chi connectivity index (χ2v) is 13.8. The molecule has 5 aromatic carbocycles. The molecule has 0 spiro atoms. The number of nitro benzene ring substituents is 1. The lowest BCUT2D eigenvalue weighted by Gasteiger charge is -2.20. The van der Waals surface area contributed by atoms with Crippen LogP contribution in [0.25, 0.3) is 21.5 Å². The van der Waals surface area contributed by atoms with Gasteiger partial charge < -0.3 is 19.3 Å². The summed E-state index contributed by atoms with van der Waals surface area (Å²) in [4.78, 5) is 66.9. The van der Waals surface area contributed by atoms with Crippen LogP contribution in [0.1, 0.15) is 61.3 Å². The molecule has 2 heterocycles. The number of carbonyl (C=O) groups excluding carboxylic acids is 4. The normalized spacial score (nSPS) is 16.1. The van der Waals surface area contributed by atoms with Gasteiger partial charge in [0.25, 0.3) is 5.69 Å². The quantitative estimate of drug-likeness (QED) is 0.0493. The molecule has 2 unspecified atom stereocenters. The first-order chi connectivity index (χ1) is 25.5. The predicted octanol–water partition coefficient (Wildman–Crippen LogP) is 7.75. The van der Waals surface area contributed by atoms with Gasteiger partial charge in [-0.1, -0.05) is 61.5 Å². The number of nitrogens with zero attached hydrogens (tertiary/aromatic N) is 3. The molecule has 270 valence electrons. The minimum absolute atomic E-state index is 0.0298. The van der Waals surface area contributed by atoms with E-state index in [1.54, 1.807) is 28.0 Å². The smallest absolute Gasteiger partial charge is 0.308 e. The molecule has 2 aliphatic rings. The summed E-state index contributed by atoms with van der Waals surface area (Å²) in [6.07, 6.45) is 0.418. The molecule has 0 aromatic heterocycles. The van der Waals surface area contributed by atoms with Crippen LogP contribution in [0.5, 0.6) is 11.5 Å². The lowest BCUT2D eigenvalue weighted by atomic mass is 9.93. The number of carbonyl (C=O) groups is 4. The fraction of sp³-hybridized carbons (Fsp3) is 0.268. The molecule has 7 rings (SSSR count). The second kappa shape index (κ2) is 14.3. The van der Waals surface area contributed by atoms with E-state index in [1.165, 1.54) is 26.0 Å². The average molecular weight is 734 g/mol. The molecule has 0 saturated carbocycles. The molecule has 0 saturated heterocycles. The number of amides is 2. The van der Waals surface area contributed by atoms with E-state index in [0.717, 1.165) is 39.1 Å². The summed E-state index contributed by atoms with van der Waals surface area (Å²) < 4.78 is 11.1. The van der Waals surface area contributed by atoms with Crippen molar-refractivity contribution in [3.05, 3.63) is 111 Å². The first-order valence-electron chi connectivity index (χ1n) is 17.4. The van der Waals surface area contributed by atoms with E-state index in [4.69, 9.17) is 21.1 Å². The van der Waals surface area contributed by atoms with Gasteiger partial charge in [-0.25, -0.2) is 0 Å². The summed E-state index contributed by atoms with van der Waals surface area (Å²) in [5, 5.41) is 15.3. The van der Waals surface area contributed by atoms with Crippen molar-refractivity contribution in [2.24, 2.45) is 0 Å². The Morgan fingerprint density at radius 3 is 1.57 bits per heavy atom. The Bertz CT molecular complexity index is 2200. The van der Waals surface area contributed by atoms with Crippen LogP contribution in [0.2, 0.25) is 0 Å². The summed E-state index contributed by atoms with van der Waals surface area (Å²) in [5.41, 5.74) is 3.58. The van der Waals surface area contributed by atoms with Crippen molar-refractivity contribution in [1.82, 2.24) is 0 Å². The first-order valence-corrected chi connectivity index (χ1v) is 17.9. The summed E-state index contributed by atoms with van der Waals surface area (Å²) in [7, 11) is 0. The number of non-ortho nitro benzene ring substituents is 1. The SMILES string of the molecule is CCC1CN(C(=O)Cc2cc(CC(=O)N3CC(CCl)c4c3cc(OC(C)=O)c3ccccc43)cc([N+](=O)[O-])c2)c2cc(OC(C)=O)c3ccccc3c21. The van der Waals surface area contributed by atoms with Crippen LogP contribution in [0.4, 0.5) is 17.1 Å². The zero-order chi connectivity index (χ0) is 37.6. The lowest BCUT2D eigenvalue weighted by Crippen LogP contribution is -2.32. The number of alkyl halides is 1. The van der Waals surface area contributed by atoms with E-state index in [9.17, 15) is 29.3 Å². The van der Waals surface area contributed by atoms with Gasteiger partial charge in [-0.3, -0.25) is 29.3 Å². The highest BCUT2D eigenvalue weighted by Gasteiger charge is 2.36. The van der Waals surface area contributed by atoms with Crippen molar-refractivity contribution in [2.75, 3.05) is 28.8 Å². The van der Waals surface area contributed by atoms with Gasteiger partial charge >= 0.3 is 11.9 Å². The number of hydrogen-bond acceptors (Lipinski definition) is 8. The van der Waals surface area contributed by atoms with Crippen LogP contribution < -0.4 is 19.3 Å². The Morgan fingerprint density at radius 2 is 1.15 bits per heavy atom. The molecule has 0 N–H and O–H groups in total. The van der Waals surface area contributed by atoms with Crippen molar-refractivity contribution in [1.29, 1.82) is 0 Å². The molecule has 5 aromatic rings. The maximum absolute atomic E-state index is 14.1. The highest BCUT2D eigenvalue weighted by Crippen LogP contribution is 2.47. The second-order valence-electron chi connectivity index (χ2n) is 13.5. The van der Waals surface area contributed by atoms with Crippen LogP contribution in [-0.4, -0.2) is 47.6 Å². The van der Waals surface area contributed by atoms with E-state index in [0.29, 0.717) is 40.5 Å². The van der Waals surface area contributed by atoms with E-state index >= 15 is 0 Å². The number of ether oxygens (including phenoxy) is 2. The Kier molecular flexibility index (Phi) is 9.61. The zero-order valence-electron chi connectivity index (χ0n) is 29.4. The van der Waals surface area contributed by atoms with Gasteiger partial charge in [-0.05, 0) is 39.4 Å². The zero-order valence-corrected chi connectivity index (χ0v) is 30.1. The maximum atomic E-state index is 14.1. The molecule has 53 heavy (non-hydrogen) atoms. The number of hydrogen-bond donors (Lipinski definition) is 0. The van der Waals surface area contributed by atoms with Gasteiger partial charge in [0, 0.05) is 79.7 Å². The standard InChI is InChI=1S/C41H36ClN3O8/c1-4-27-21-43(34-18-36(52-23(2)46)30-9-5-7-11-32(30)40(27)34)38(48)16-25-13-26(15-29(14-25)45(50)51)17-39(49)44-22-28(20-42)41-33-12-8-6-10-31(33)37(19-35(41)44)53-24(3)47/h5-15,18-19,27-28H,4,16-17,20-22H2,1-3H3. The highest BCUT2D eigenvalue weighted by molar-refractivity contribution is 6.19. The fourth-order valence-electron chi connectivity index (χ4n) is 7.83. The number of anilines is 2. The largest absolute Gasteiger partial charge is 0.426 e. The first kappa shape index (κ1) is 35.6. The van der Waals surface area contributed by atoms with E-state index in [2.05, 4.69) is 6.92 Å². The molecule has 0 radical (unpaired) electrons. The monoisotopic (exact) mass is 733 g/mol. The van der Waals surface area contributed by atoms with Crippen LogP contribution in [-0.2, 0) is 32.0 Å². The molecule has 0 aliphatic carbocycles. The molecule has 0 bridgehead atoms. The number of esters is 2. The topological polar surface area (TPSA) is 136 Å². The number of benzene rings is 5. The third-order valence-corrected chi connectivity index (χ3v) is 10.4. The van der Waals surface area contributed by atoms with Crippen molar-refractivity contribution < 1.29 is 33.6 Å². The van der Waals surface area contributed by atoms with Crippen molar-refractivity contribution in [3.63, 3.8) is 0 Å². The summed E-state index contributed by atoms with van der Waals surface area (Å²) in [5.74, 6) is -0.848. The third-order valence-electron chi connectivity index (χ3n) is 10.0. The highest BCUT2D eigenvalue weighted by atomic mass is 35.5. The van der Waals surface area contributed by atoms with E-state index in [-0.39, 0.29) is 54.6 Å². The number of fused-ring (bicyclic) bond motifs is 6. The van der Waals surface area contributed by atoms with Gasteiger partial charge in [0.05, 0.1) is 29.1 Å². The van der Waals surface area contributed by atoms with Crippen LogP contribution >= 0.6 is 11.6 Å². The van der Waals surface area contributed by atoms with Gasteiger partial charge in [-0.2, -0.15) is 0 Å². The molecule has 2 atom stereocenters. The minimum Gasteiger partial charge on any atom is -0.426 e. The van der Waals surface area contributed by atoms with Crippen LogP contribution in [0.3, 0.4) is 0 Å². The fourth-order valence-corrected chi connectivity index (χ4v) is 8.08. The van der Waals surface area contributed by atoms with Crippen LogP contribution in [0, 0.1) is 10.1 Å². The summed E-state index contributed by atoms with van der Waals surface area (Å²) >= 11 is 6.42. The summed E-state index contributed by atoms with van der Waals surface area (Å²) in [6, 6.07) is 22.8. The van der Waals surface area contributed by atoms with E-state index in [1.807, 2.05) is 48.5 Å². The van der Waals surface area contributed by atoms with Crippen molar-refractivity contribution >= 4 is 74.0 Å². The molecular formula is C41H36ClN3O8. The number of rotatable bonds is 9. The predicted molar refractivity (Wildman–Crippen MR) is 202 cm³/mol. The molecule has 2 amide bonds. The average Bonchev–Trinajstić information content (AvgIpc) is 3.70. The molecule has 12 heteroatoms. The summed E-state index contributed by atoms with van der Waals surface area (Å²) in [6.45, 7) is 5.37.